The van der Waals surface area contributed by atoms with Crippen LogP contribution in [0.15, 0.2) is 35.5 Å². The minimum atomic E-state index is -3.53. The molecule has 0 unspecified atom stereocenters. The predicted octanol–water partition coefficient (Wildman–Crippen LogP) is 2.59. The highest BCUT2D eigenvalue weighted by Crippen LogP contribution is 2.20. The summed E-state index contributed by atoms with van der Waals surface area (Å²) in [5.41, 5.74) is 1.02. The molecule has 0 fully saturated rings. The third-order valence-corrected chi connectivity index (χ3v) is 4.00. The van der Waals surface area contributed by atoms with Gasteiger partial charge in [0.05, 0.1) is 25.2 Å². The van der Waals surface area contributed by atoms with Crippen LogP contribution in [0, 0.1) is 5.92 Å². The van der Waals surface area contributed by atoms with E-state index in [-0.39, 0.29) is 5.92 Å². The van der Waals surface area contributed by atoms with Crippen molar-refractivity contribution in [1.29, 1.82) is 0 Å². The molecule has 7 heteroatoms. The molecule has 1 aromatic carbocycles. The molecule has 0 bridgehead atoms. The first-order chi connectivity index (χ1) is 10.9. The minimum Gasteiger partial charge on any atom is -0.399 e. The molecule has 1 aromatic rings. The van der Waals surface area contributed by atoms with Crippen molar-refractivity contribution in [2.24, 2.45) is 11.1 Å². The number of nitrogens with zero attached hydrogens (tertiary/aromatic N) is 1. The molecule has 0 aromatic heterocycles. The zero-order chi connectivity index (χ0) is 17.3. The number of oxime groups is 1. The van der Waals surface area contributed by atoms with Crippen molar-refractivity contribution in [3.63, 3.8) is 0 Å². The lowest BCUT2D eigenvalue weighted by molar-refractivity contribution is 0.00841. The van der Waals surface area contributed by atoms with E-state index >= 15 is 0 Å². The van der Waals surface area contributed by atoms with E-state index in [1.807, 2.05) is 44.2 Å². The van der Waals surface area contributed by atoms with Gasteiger partial charge in [-0.15, -0.1) is 0 Å². The minimum absolute atomic E-state index is 0.211. The maximum Gasteiger partial charge on any atom is 0.264 e. The Labute approximate surface area is 138 Å². The Morgan fingerprint density at radius 1 is 1.26 bits per heavy atom. The van der Waals surface area contributed by atoms with Crippen LogP contribution in [0.1, 0.15) is 25.8 Å². The zero-order valence-corrected chi connectivity index (χ0v) is 14.8. The highest BCUT2D eigenvalue weighted by molar-refractivity contribution is 7.86. The molecule has 0 aliphatic rings. The lowest BCUT2D eigenvalue weighted by Crippen LogP contribution is -2.35. The van der Waals surface area contributed by atoms with Gasteiger partial charge in [0.25, 0.3) is 10.1 Å². The molecule has 0 amide bonds. The van der Waals surface area contributed by atoms with E-state index in [0.29, 0.717) is 13.0 Å². The van der Waals surface area contributed by atoms with Gasteiger partial charge in [-0.25, -0.2) is 0 Å². The van der Waals surface area contributed by atoms with Crippen molar-refractivity contribution in [2.45, 2.75) is 39.1 Å². The summed E-state index contributed by atoms with van der Waals surface area (Å²) in [5.74, 6) is -0.211. The smallest absolute Gasteiger partial charge is 0.264 e. The Balaban J connectivity index is 2.80. The van der Waals surface area contributed by atoms with Crippen LogP contribution in [-0.2, 0) is 30.5 Å². The van der Waals surface area contributed by atoms with Gasteiger partial charge >= 0.3 is 0 Å². The van der Waals surface area contributed by atoms with Gasteiger partial charge in [0.1, 0.15) is 13.2 Å². The molecule has 6 nitrogen and oxygen atoms in total. The molecule has 0 spiro atoms. The first kappa shape index (κ1) is 19.6. The van der Waals surface area contributed by atoms with E-state index < -0.39 is 22.3 Å². The molecule has 130 valence electrons. The average molecular weight is 343 g/mol. The normalized spacial score (nSPS) is 16.2. The Morgan fingerprint density at radius 2 is 1.91 bits per heavy atom. The molecule has 0 saturated carbocycles. The van der Waals surface area contributed by atoms with Gasteiger partial charge in [-0.2, -0.15) is 8.42 Å². The average Bonchev–Trinajstić information content (AvgIpc) is 2.52. The highest BCUT2D eigenvalue weighted by Gasteiger charge is 2.28. The number of rotatable bonds is 10. The second-order valence-electron chi connectivity index (χ2n) is 5.30. The van der Waals surface area contributed by atoms with Crippen molar-refractivity contribution >= 4 is 16.3 Å². The third kappa shape index (κ3) is 7.58. The fraction of sp³-hybridized carbons (Fsp3) is 0.562. The number of hydrogen-bond donors (Lipinski definition) is 0. The molecule has 0 aliphatic carbocycles. The van der Waals surface area contributed by atoms with Crippen LogP contribution in [0.4, 0.5) is 0 Å². The molecule has 0 saturated heterocycles. The Hall–Kier alpha value is -1.44. The van der Waals surface area contributed by atoms with Gasteiger partial charge < -0.3 is 9.57 Å². The monoisotopic (exact) mass is 343 g/mol. The maximum atomic E-state index is 11.4. The Morgan fingerprint density at radius 3 is 2.43 bits per heavy atom. The van der Waals surface area contributed by atoms with Crippen LogP contribution in [0.5, 0.6) is 0 Å². The van der Waals surface area contributed by atoms with Crippen molar-refractivity contribution < 1.29 is 22.2 Å². The van der Waals surface area contributed by atoms with Gasteiger partial charge in [0.15, 0.2) is 0 Å². The lowest BCUT2D eigenvalue weighted by atomic mass is 9.97. The van der Waals surface area contributed by atoms with Crippen LogP contribution < -0.4 is 0 Å². The predicted molar refractivity (Wildman–Crippen MR) is 89.7 cm³/mol. The lowest BCUT2D eigenvalue weighted by Gasteiger charge is -2.27. The Bertz CT molecular complexity index is 573. The highest BCUT2D eigenvalue weighted by atomic mass is 32.2. The number of hydrogen-bond acceptors (Lipinski definition) is 6. The quantitative estimate of drug-likeness (QED) is 0.371. The van der Waals surface area contributed by atoms with Crippen LogP contribution in [0.25, 0.3) is 0 Å². The van der Waals surface area contributed by atoms with Gasteiger partial charge in [-0.3, -0.25) is 4.18 Å². The van der Waals surface area contributed by atoms with Crippen molar-refractivity contribution in [3.8, 4) is 0 Å². The van der Waals surface area contributed by atoms with Crippen LogP contribution in [-0.4, -0.2) is 40.2 Å². The standard InChI is InChI=1S/C16H25NO5S/c1-5-15(22-23(4,18)19)13(2)16(11-17-20-3)21-12-14-9-7-6-8-10-14/h6-11,13,15-16H,5,12H2,1-4H3/t13-,15-,16-/m1/s1. The largest absolute Gasteiger partial charge is 0.399 e. The molecular formula is C16H25NO5S. The van der Waals surface area contributed by atoms with Gasteiger partial charge in [0, 0.05) is 5.92 Å². The van der Waals surface area contributed by atoms with Crippen molar-refractivity contribution in [2.75, 3.05) is 13.4 Å². The second-order valence-corrected chi connectivity index (χ2v) is 6.91. The van der Waals surface area contributed by atoms with E-state index in [4.69, 9.17) is 13.8 Å². The summed E-state index contributed by atoms with van der Waals surface area (Å²) < 4.78 is 33.8. The zero-order valence-electron chi connectivity index (χ0n) is 14.0. The van der Waals surface area contributed by atoms with Crippen LogP contribution in [0.2, 0.25) is 0 Å². The molecule has 0 radical (unpaired) electrons. The molecular weight excluding hydrogens is 318 g/mol. The summed E-state index contributed by atoms with van der Waals surface area (Å²) in [6.07, 6.45) is 2.20. The van der Waals surface area contributed by atoms with E-state index in [2.05, 4.69) is 5.16 Å². The van der Waals surface area contributed by atoms with Crippen LogP contribution >= 0.6 is 0 Å². The molecule has 1 rings (SSSR count). The summed E-state index contributed by atoms with van der Waals surface area (Å²) in [4.78, 5) is 4.72. The first-order valence-electron chi connectivity index (χ1n) is 7.47. The van der Waals surface area contributed by atoms with E-state index in [0.717, 1.165) is 11.8 Å². The second kappa shape index (κ2) is 9.64. The van der Waals surface area contributed by atoms with Gasteiger partial charge in [-0.1, -0.05) is 49.3 Å². The third-order valence-electron chi connectivity index (χ3n) is 3.40. The summed E-state index contributed by atoms with van der Waals surface area (Å²) in [5, 5.41) is 3.76. The van der Waals surface area contributed by atoms with E-state index in [1.54, 1.807) is 0 Å². The fourth-order valence-corrected chi connectivity index (χ4v) is 2.94. The summed E-state index contributed by atoms with van der Waals surface area (Å²) >= 11 is 0. The first-order valence-corrected chi connectivity index (χ1v) is 9.29. The summed E-state index contributed by atoms with van der Waals surface area (Å²) in [6.45, 7) is 4.13. The topological polar surface area (TPSA) is 74.2 Å². The van der Waals surface area contributed by atoms with Crippen molar-refractivity contribution in [1.82, 2.24) is 0 Å². The van der Waals surface area contributed by atoms with E-state index in [9.17, 15) is 8.42 Å². The number of benzene rings is 1. The molecule has 0 aliphatic heterocycles. The molecule has 0 N–H and O–H groups in total. The molecule has 23 heavy (non-hydrogen) atoms. The molecule has 3 atom stereocenters. The van der Waals surface area contributed by atoms with Gasteiger partial charge in [0.2, 0.25) is 0 Å². The fourth-order valence-electron chi connectivity index (χ4n) is 2.18. The maximum absolute atomic E-state index is 11.4. The van der Waals surface area contributed by atoms with Gasteiger partial charge in [-0.05, 0) is 12.0 Å². The van der Waals surface area contributed by atoms with E-state index in [1.165, 1.54) is 13.3 Å². The summed E-state index contributed by atoms with van der Waals surface area (Å²) in [7, 11) is -2.09. The summed E-state index contributed by atoms with van der Waals surface area (Å²) in [6, 6.07) is 9.71. The van der Waals surface area contributed by atoms with Crippen molar-refractivity contribution in [3.05, 3.63) is 35.9 Å². The Kier molecular flexibility index (Phi) is 8.22. The number of ether oxygens (including phenoxy) is 1. The SMILES string of the molecule is CC[C@@H](OS(C)(=O)=O)[C@@H](C)[C@@H](C=NOC)OCc1ccccc1. The molecule has 0 heterocycles. The van der Waals surface area contributed by atoms with Crippen LogP contribution in [0.3, 0.4) is 0 Å².